The summed E-state index contributed by atoms with van der Waals surface area (Å²) < 4.78 is 11.0. The molecule has 0 N–H and O–H groups in total. The highest BCUT2D eigenvalue weighted by atomic mass is 79.9. The minimum atomic E-state index is -0.406. The van der Waals surface area contributed by atoms with Crippen LogP contribution in [0.3, 0.4) is 0 Å². The number of thiophene rings is 2. The summed E-state index contributed by atoms with van der Waals surface area (Å²) in [7, 11) is 0. The van der Waals surface area contributed by atoms with Gasteiger partial charge in [-0.15, -0.1) is 11.3 Å². The van der Waals surface area contributed by atoms with Crippen LogP contribution in [0.15, 0.2) is 37.3 Å². The van der Waals surface area contributed by atoms with Crippen LogP contribution in [0, 0.1) is 0 Å². The number of aromatic nitrogens is 2. The number of carbonyl (C=O) groups excluding carboxylic acids is 1. The van der Waals surface area contributed by atoms with Crippen molar-refractivity contribution in [2.45, 2.75) is 6.61 Å². The van der Waals surface area contributed by atoms with Crippen molar-refractivity contribution in [3.8, 4) is 11.4 Å². The molecular weight excluding hydrogens is 364 g/mol. The summed E-state index contributed by atoms with van der Waals surface area (Å²) in [6.45, 7) is -0.0362. The number of rotatable bonds is 4. The highest BCUT2D eigenvalue weighted by molar-refractivity contribution is 9.11. The molecule has 0 amide bonds. The maximum Gasteiger partial charge on any atom is 0.348 e. The molecule has 3 aromatic rings. The molecular formula is C12H7BrN2O3S2. The zero-order chi connectivity index (χ0) is 13.9. The van der Waals surface area contributed by atoms with Crippen molar-refractivity contribution >= 4 is 44.6 Å². The van der Waals surface area contributed by atoms with Crippen LogP contribution in [-0.4, -0.2) is 16.1 Å². The molecule has 0 radical (unpaired) electrons. The monoisotopic (exact) mass is 370 g/mol. The highest BCUT2D eigenvalue weighted by Crippen LogP contribution is 2.23. The Morgan fingerprint density at radius 1 is 1.40 bits per heavy atom. The number of hydrogen-bond donors (Lipinski definition) is 0. The molecule has 0 aliphatic heterocycles. The first-order valence-electron chi connectivity index (χ1n) is 5.50. The van der Waals surface area contributed by atoms with Gasteiger partial charge >= 0.3 is 5.97 Å². The number of carbonyl (C=O) groups is 1. The average Bonchev–Trinajstić information content (AvgIpc) is 3.16. The molecule has 0 bridgehead atoms. The van der Waals surface area contributed by atoms with Gasteiger partial charge < -0.3 is 9.26 Å². The Balaban J connectivity index is 1.63. The minimum absolute atomic E-state index is 0.0362. The SMILES string of the molecule is O=C(OCc1nc(-c2ccsc2)no1)c1ccc(Br)s1. The molecule has 0 unspecified atom stereocenters. The first-order valence-corrected chi connectivity index (χ1v) is 8.05. The maximum absolute atomic E-state index is 11.7. The Bertz CT molecular complexity index is 721. The van der Waals surface area contributed by atoms with Crippen LogP contribution in [0.25, 0.3) is 11.4 Å². The van der Waals surface area contributed by atoms with Crippen LogP contribution in [0.2, 0.25) is 0 Å². The largest absolute Gasteiger partial charge is 0.451 e. The van der Waals surface area contributed by atoms with Crippen LogP contribution in [0.1, 0.15) is 15.6 Å². The molecule has 0 spiro atoms. The van der Waals surface area contributed by atoms with Crippen molar-refractivity contribution in [1.29, 1.82) is 0 Å². The Morgan fingerprint density at radius 2 is 2.30 bits per heavy atom. The summed E-state index contributed by atoms with van der Waals surface area (Å²) in [6.07, 6.45) is 0. The second-order valence-electron chi connectivity index (χ2n) is 3.70. The molecule has 0 fully saturated rings. The van der Waals surface area contributed by atoms with Gasteiger partial charge in [-0.05, 0) is 39.5 Å². The lowest BCUT2D eigenvalue weighted by Crippen LogP contribution is -2.03. The molecule has 0 aliphatic rings. The maximum atomic E-state index is 11.7. The van der Waals surface area contributed by atoms with E-state index in [2.05, 4.69) is 26.1 Å². The summed E-state index contributed by atoms with van der Waals surface area (Å²) in [6, 6.07) is 5.39. The van der Waals surface area contributed by atoms with Crippen molar-refractivity contribution in [1.82, 2.24) is 10.1 Å². The van der Waals surface area contributed by atoms with E-state index in [4.69, 9.17) is 9.26 Å². The van der Waals surface area contributed by atoms with Gasteiger partial charge in [-0.25, -0.2) is 4.79 Å². The summed E-state index contributed by atoms with van der Waals surface area (Å²) in [5, 5.41) is 7.69. The fourth-order valence-electron chi connectivity index (χ4n) is 1.44. The fraction of sp³-hybridized carbons (Fsp3) is 0.0833. The van der Waals surface area contributed by atoms with E-state index in [0.29, 0.717) is 10.7 Å². The van der Waals surface area contributed by atoms with Crippen LogP contribution < -0.4 is 0 Å². The van der Waals surface area contributed by atoms with Crippen molar-refractivity contribution in [3.63, 3.8) is 0 Å². The van der Waals surface area contributed by atoms with E-state index in [1.165, 1.54) is 11.3 Å². The smallest absolute Gasteiger partial charge is 0.348 e. The fourth-order valence-corrected chi connectivity index (χ4v) is 3.36. The Labute approximate surface area is 130 Å². The van der Waals surface area contributed by atoms with Crippen molar-refractivity contribution in [3.05, 3.63) is 43.5 Å². The van der Waals surface area contributed by atoms with E-state index < -0.39 is 5.97 Å². The lowest BCUT2D eigenvalue weighted by Gasteiger charge is -1.98. The van der Waals surface area contributed by atoms with Crippen molar-refractivity contribution < 1.29 is 14.1 Å². The molecule has 5 nitrogen and oxygen atoms in total. The third-order valence-corrected chi connectivity index (χ3v) is 4.64. The molecule has 20 heavy (non-hydrogen) atoms. The number of esters is 1. The number of nitrogens with zero attached hydrogens (tertiary/aromatic N) is 2. The molecule has 3 aromatic heterocycles. The summed E-state index contributed by atoms with van der Waals surface area (Å²) in [5.74, 6) is 0.363. The summed E-state index contributed by atoms with van der Waals surface area (Å²) in [4.78, 5) is 16.4. The predicted octanol–water partition coefficient (Wildman–Crippen LogP) is 3.98. The first kappa shape index (κ1) is 13.5. The molecule has 8 heteroatoms. The van der Waals surface area contributed by atoms with Gasteiger partial charge in [0, 0.05) is 10.9 Å². The zero-order valence-corrected chi connectivity index (χ0v) is 13.1. The summed E-state index contributed by atoms with van der Waals surface area (Å²) >= 11 is 6.16. The van der Waals surface area contributed by atoms with Gasteiger partial charge in [0.15, 0.2) is 6.61 Å². The number of ether oxygens (including phenoxy) is 1. The van der Waals surface area contributed by atoms with E-state index in [-0.39, 0.29) is 12.5 Å². The normalized spacial score (nSPS) is 10.7. The molecule has 0 aliphatic carbocycles. The van der Waals surface area contributed by atoms with Gasteiger partial charge in [0.05, 0.1) is 3.79 Å². The Kier molecular flexibility index (Phi) is 3.95. The van der Waals surface area contributed by atoms with E-state index in [1.54, 1.807) is 23.5 Å². The van der Waals surface area contributed by atoms with Crippen LogP contribution in [0.4, 0.5) is 0 Å². The van der Waals surface area contributed by atoms with Gasteiger partial charge in [0.25, 0.3) is 5.89 Å². The third-order valence-electron chi connectivity index (χ3n) is 2.35. The van der Waals surface area contributed by atoms with Crippen molar-refractivity contribution in [2.75, 3.05) is 0 Å². The standard InChI is InChI=1S/C12H7BrN2O3S2/c13-9-2-1-8(20-9)12(16)17-5-10-14-11(15-18-10)7-3-4-19-6-7/h1-4,6H,5H2. The Hall–Kier alpha value is -1.51. The lowest BCUT2D eigenvalue weighted by atomic mass is 10.3. The first-order chi connectivity index (χ1) is 9.72. The Morgan fingerprint density at radius 3 is 3.00 bits per heavy atom. The highest BCUT2D eigenvalue weighted by Gasteiger charge is 2.14. The third kappa shape index (κ3) is 2.97. The molecule has 0 saturated carbocycles. The quantitative estimate of drug-likeness (QED) is 0.649. The van der Waals surface area contributed by atoms with Crippen LogP contribution in [-0.2, 0) is 11.3 Å². The zero-order valence-electron chi connectivity index (χ0n) is 9.91. The molecule has 0 saturated heterocycles. The molecule has 0 atom stereocenters. The van der Waals surface area contributed by atoms with Gasteiger partial charge in [-0.2, -0.15) is 16.3 Å². The van der Waals surface area contributed by atoms with Gasteiger partial charge in [-0.1, -0.05) is 5.16 Å². The summed E-state index contributed by atoms with van der Waals surface area (Å²) in [5.41, 5.74) is 0.888. The molecule has 0 aromatic carbocycles. The van der Waals surface area contributed by atoms with Crippen LogP contribution >= 0.6 is 38.6 Å². The van der Waals surface area contributed by atoms with Gasteiger partial charge in [0.2, 0.25) is 5.82 Å². The second-order valence-corrected chi connectivity index (χ2v) is 6.95. The molecule has 3 heterocycles. The van der Waals surface area contributed by atoms with Crippen LogP contribution in [0.5, 0.6) is 0 Å². The van der Waals surface area contributed by atoms with E-state index in [0.717, 1.165) is 9.35 Å². The predicted molar refractivity (Wildman–Crippen MR) is 78.7 cm³/mol. The van der Waals surface area contributed by atoms with Gasteiger partial charge in [0.1, 0.15) is 4.88 Å². The number of hydrogen-bond acceptors (Lipinski definition) is 7. The number of halogens is 1. The lowest BCUT2D eigenvalue weighted by molar-refractivity contribution is 0.0435. The van der Waals surface area contributed by atoms with E-state index >= 15 is 0 Å². The second kappa shape index (κ2) is 5.86. The van der Waals surface area contributed by atoms with E-state index in [1.807, 2.05) is 16.8 Å². The molecule has 3 rings (SSSR count). The van der Waals surface area contributed by atoms with E-state index in [9.17, 15) is 4.79 Å². The minimum Gasteiger partial charge on any atom is -0.451 e. The molecule has 102 valence electrons. The average molecular weight is 371 g/mol. The topological polar surface area (TPSA) is 65.2 Å². The van der Waals surface area contributed by atoms with Gasteiger partial charge in [-0.3, -0.25) is 0 Å². The van der Waals surface area contributed by atoms with Crippen molar-refractivity contribution in [2.24, 2.45) is 0 Å².